The van der Waals surface area contributed by atoms with Crippen LogP contribution in [0.1, 0.15) is 38.3 Å². The highest BCUT2D eigenvalue weighted by Crippen LogP contribution is 2.32. The van der Waals surface area contributed by atoms with Gasteiger partial charge in [-0.2, -0.15) is 0 Å². The molecule has 0 aliphatic heterocycles. The van der Waals surface area contributed by atoms with Crippen LogP contribution >= 0.6 is 0 Å². The molecule has 0 bridgehead atoms. The van der Waals surface area contributed by atoms with Crippen LogP contribution < -0.4 is 5.32 Å². The van der Waals surface area contributed by atoms with Crippen molar-refractivity contribution in [1.82, 2.24) is 5.32 Å². The fraction of sp³-hybridized carbons (Fsp3) is 0.533. The molecule has 2 rings (SSSR count). The Kier molecular flexibility index (Phi) is 4.02. The SMILES string of the molecule is CC1CCC(NC(C(=O)O)c2ccccc2)C1C. The van der Waals surface area contributed by atoms with Gasteiger partial charge in [-0.15, -0.1) is 0 Å². The van der Waals surface area contributed by atoms with E-state index in [2.05, 4.69) is 19.2 Å². The predicted molar refractivity (Wildman–Crippen MR) is 71.3 cm³/mol. The molecule has 1 aromatic carbocycles. The highest BCUT2D eigenvalue weighted by Gasteiger charge is 2.33. The van der Waals surface area contributed by atoms with Crippen LogP contribution in [0.3, 0.4) is 0 Å². The van der Waals surface area contributed by atoms with Crippen LogP contribution in [0.15, 0.2) is 30.3 Å². The van der Waals surface area contributed by atoms with Crippen LogP contribution in [0.25, 0.3) is 0 Å². The van der Waals surface area contributed by atoms with Crippen molar-refractivity contribution < 1.29 is 9.90 Å². The van der Waals surface area contributed by atoms with E-state index < -0.39 is 12.0 Å². The summed E-state index contributed by atoms with van der Waals surface area (Å²) in [6.45, 7) is 4.45. The van der Waals surface area contributed by atoms with E-state index in [1.807, 2.05) is 30.3 Å². The molecule has 0 spiro atoms. The highest BCUT2D eigenvalue weighted by atomic mass is 16.4. The summed E-state index contributed by atoms with van der Waals surface area (Å²) < 4.78 is 0. The average Bonchev–Trinajstić information content (AvgIpc) is 2.68. The summed E-state index contributed by atoms with van der Waals surface area (Å²) in [5, 5.41) is 12.7. The van der Waals surface area contributed by atoms with Crippen molar-refractivity contribution in [2.45, 2.75) is 38.8 Å². The van der Waals surface area contributed by atoms with Gasteiger partial charge in [-0.25, -0.2) is 0 Å². The first kappa shape index (κ1) is 13.1. The Morgan fingerprint density at radius 1 is 1.28 bits per heavy atom. The van der Waals surface area contributed by atoms with E-state index in [1.165, 1.54) is 6.42 Å². The number of aliphatic carboxylic acids is 1. The average molecular weight is 247 g/mol. The van der Waals surface area contributed by atoms with E-state index in [9.17, 15) is 9.90 Å². The largest absolute Gasteiger partial charge is 0.480 e. The first-order valence-electron chi connectivity index (χ1n) is 6.63. The van der Waals surface area contributed by atoms with Crippen LogP contribution in [0.2, 0.25) is 0 Å². The van der Waals surface area contributed by atoms with Crippen LogP contribution in [-0.4, -0.2) is 17.1 Å². The minimum atomic E-state index is -0.798. The standard InChI is InChI=1S/C15H21NO2/c1-10-8-9-13(11(10)2)16-14(15(17)18)12-6-4-3-5-7-12/h3-7,10-11,13-14,16H,8-9H2,1-2H3,(H,17,18). The lowest BCUT2D eigenvalue weighted by Gasteiger charge is -2.24. The van der Waals surface area contributed by atoms with E-state index >= 15 is 0 Å². The number of carboxylic acid groups (broad SMARTS) is 1. The van der Waals surface area contributed by atoms with Crippen LogP contribution in [0, 0.1) is 11.8 Å². The fourth-order valence-electron chi connectivity index (χ4n) is 2.77. The van der Waals surface area contributed by atoms with Crippen LogP contribution in [0.4, 0.5) is 0 Å². The molecule has 1 aliphatic rings. The Hall–Kier alpha value is -1.35. The molecule has 0 heterocycles. The number of hydrogen-bond acceptors (Lipinski definition) is 2. The maximum atomic E-state index is 11.4. The Labute approximate surface area is 108 Å². The second-order valence-electron chi connectivity index (χ2n) is 5.37. The van der Waals surface area contributed by atoms with E-state index in [1.54, 1.807) is 0 Å². The van der Waals surface area contributed by atoms with Crippen molar-refractivity contribution in [1.29, 1.82) is 0 Å². The first-order chi connectivity index (χ1) is 8.59. The monoisotopic (exact) mass is 247 g/mol. The second kappa shape index (κ2) is 5.53. The zero-order valence-corrected chi connectivity index (χ0v) is 11.0. The summed E-state index contributed by atoms with van der Waals surface area (Å²) in [5.74, 6) is 0.413. The molecule has 0 saturated heterocycles. The normalized spacial score (nSPS) is 29.1. The summed E-state index contributed by atoms with van der Waals surface area (Å²) >= 11 is 0. The van der Waals surface area contributed by atoms with Crippen molar-refractivity contribution in [2.24, 2.45) is 11.8 Å². The van der Waals surface area contributed by atoms with Crippen LogP contribution in [-0.2, 0) is 4.79 Å². The molecule has 0 aromatic heterocycles. The molecule has 1 aliphatic carbocycles. The van der Waals surface area contributed by atoms with Gasteiger partial charge in [-0.3, -0.25) is 10.1 Å². The van der Waals surface area contributed by atoms with Gasteiger partial charge in [0.05, 0.1) is 0 Å². The number of hydrogen-bond donors (Lipinski definition) is 2. The number of carboxylic acids is 1. The molecule has 3 heteroatoms. The van der Waals surface area contributed by atoms with Gasteiger partial charge in [0.1, 0.15) is 6.04 Å². The molecular formula is C15H21NO2. The molecule has 1 fully saturated rings. The van der Waals surface area contributed by atoms with E-state index in [0.29, 0.717) is 17.9 Å². The molecule has 1 aromatic rings. The maximum absolute atomic E-state index is 11.4. The zero-order valence-electron chi connectivity index (χ0n) is 11.0. The first-order valence-corrected chi connectivity index (χ1v) is 6.63. The quantitative estimate of drug-likeness (QED) is 0.860. The van der Waals surface area contributed by atoms with E-state index in [4.69, 9.17) is 0 Å². The van der Waals surface area contributed by atoms with E-state index in [0.717, 1.165) is 12.0 Å². The Morgan fingerprint density at radius 2 is 1.94 bits per heavy atom. The van der Waals surface area contributed by atoms with Gasteiger partial charge in [0.2, 0.25) is 0 Å². The molecule has 1 saturated carbocycles. The minimum Gasteiger partial charge on any atom is -0.480 e. The van der Waals surface area contributed by atoms with Gasteiger partial charge in [-0.1, -0.05) is 44.2 Å². The molecule has 0 radical (unpaired) electrons. The third-order valence-corrected chi connectivity index (χ3v) is 4.23. The molecular weight excluding hydrogens is 226 g/mol. The maximum Gasteiger partial charge on any atom is 0.325 e. The molecule has 4 unspecified atom stereocenters. The third kappa shape index (κ3) is 2.72. The number of benzene rings is 1. The Balaban J connectivity index is 2.11. The third-order valence-electron chi connectivity index (χ3n) is 4.23. The Morgan fingerprint density at radius 3 is 2.44 bits per heavy atom. The van der Waals surface area contributed by atoms with Gasteiger partial charge in [0.25, 0.3) is 0 Å². The van der Waals surface area contributed by atoms with E-state index in [-0.39, 0.29) is 0 Å². The van der Waals surface area contributed by atoms with Crippen molar-refractivity contribution in [3.05, 3.63) is 35.9 Å². The smallest absolute Gasteiger partial charge is 0.325 e. The van der Waals surface area contributed by atoms with Crippen molar-refractivity contribution in [3.63, 3.8) is 0 Å². The summed E-state index contributed by atoms with van der Waals surface area (Å²) in [4.78, 5) is 11.4. The minimum absolute atomic E-state index is 0.307. The zero-order chi connectivity index (χ0) is 13.1. The van der Waals surface area contributed by atoms with Gasteiger partial charge in [0, 0.05) is 6.04 Å². The summed E-state index contributed by atoms with van der Waals surface area (Å²) in [6.07, 6.45) is 2.25. The lowest BCUT2D eigenvalue weighted by Crippen LogP contribution is -2.39. The molecule has 98 valence electrons. The lowest BCUT2D eigenvalue weighted by molar-refractivity contribution is -0.140. The molecule has 3 nitrogen and oxygen atoms in total. The Bertz CT molecular complexity index is 404. The van der Waals surface area contributed by atoms with Gasteiger partial charge in [0.15, 0.2) is 0 Å². The summed E-state index contributed by atoms with van der Waals surface area (Å²) in [5.41, 5.74) is 0.830. The molecule has 2 N–H and O–H groups in total. The van der Waals surface area contributed by atoms with Gasteiger partial charge in [-0.05, 0) is 30.2 Å². The number of carbonyl (C=O) groups is 1. The van der Waals surface area contributed by atoms with Crippen molar-refractivity contribution in [2.75, 3.05) is 0 Å². The van der Waals surface area contributed by atoms with Crippen LogP contribution in [0.5, 0.6) is 0 Å². The highest BCUT2D eigenvalue weighted by molar-refractivity contribution is 5.75. The predicted octanol–water partition coefficient (Wildman–Crippen LogP) is 2.84. The summed E-state index contributed by atoms with van der Waals surface area (Å²) in [6, 6.07) is 9.12. The molecule has 18 heavy (non-hydrogen) atoms. The van der Waals surface area contributed by atoms with Crippen molar-refractivity contribution >= 4 is 5.97 Å². The summed E-state index contributed by atoms with van der Waals surface area (Å²) in [7, 11) is 0. The van der Waals surface area contributed by atoms with Gasteiger partial charge < -0.3 is 5.11 Å². The molecule has 4 atom stereocenters. The topological polar surface area (TPSA) is 49.3 Å². The number of nitrogens with one attached hydrogen (secondary N) is 1. The lowest BCUT2D eigenvalue weighted by atomic mass is 9.96. The second-order valence-corrected chi connectivity index (χ2v) is 5.37. The molecule has 0 amide bonds. The van der Waals surface area contributed by atoms with Crippen molar-refractivity contribution in [3.8, 4) is 0 Å². The number of rotatable bonds is 4. The fourth-order valence-corrected chi connectivity index (χ4v) is 2.77. The van der Waals surface area contributed by atoms with Gasteiger partial charge >= 0.3 is 5.97 Å².